The van der Waals surface area contributed by atoms with Gasteiger partial charge in [-0.1, -0.05) is 37.1 Å². The number of fused-ring (bicyclic) bond motifs is 3. The zero-order chi connectivity index (χ0) is 36.2. The van der Waals surface area contributed by atoms with E-state index in [4.69, 9.17) is 4.74 Å². The maximum Gasteiger partial charge on any atom is 0.410 e. The van der Waals surface area contributed by atoms with Crippen LogP contribution in [0.15, 0.2) is 30.4 Å². The number of sulfonamides is 1. The van der Waals surface area contributed by atoms with Crippen LogP contribution in [0.5, 0.6) is 0 Å². The molecule has 4 saturated carbocycles. The van der Waals surface area contributed by atoms with Crippen LogP contribution in [0.4, 0.5) is 9.18 Å². The molecule has 3 aliphatic heterocycles. The van der Waals surface area contributed by atoms with E-state index in [2.05, 4.69) is 9.62 Å². The predicted octanol–water partition coefficient (Wildman–Crippen LogP) is 4.83. The molecule has 0 aromatic heterocycles. The molecule has 0 radical (unpaired) electrons. The van der Waals surface area contributed by atoms with Gasteiger partial charge in [-0.25, -0.2) is 17.6 Å². The van der Waals surface area contributed by atoms with Crippen molar-refractivity contribution in [3.8, 4) is 0 Å². The lowest BCUT2D eigenvalue weighted by atomic mass is 9.91. The third kappa shape index (κ3) is 7.67. The third-order valence-corrected chi connectivity index (χ3v) is 14.3. The summed E-state index contributed by atoms with van der Waals surface area (Å²) in [6.45, 7) is 2.04. The van der Waals surface area contributed by atoms with Gasteiger partial charge >= 0.3 is 6.09 Å². The third-order valence-electron chi connectivity index (χ3n) is 12.5. The highest BCUT2D eigenvalue weighted by atomic mass is 32.2. The largest absolute Gasteiger partial charge is 0.444 e. The molecule has 5 atom stereocenters. The van der Waals surface area contributed by atoms with Crippen LogP contribution in [-0.2, 0) is 42.2 Å². The minimum atomic E-state index is -3.83. The number of halogens is 1. The summed E-state index contributed by atoms with van der Waals surface area (Å²) >= 11 is 0. The number of carbonyl (C=O) groups excluding carboxylic acids is 4. The van der Waals surface area contributed by atoms with Crippen molar-refractivity contribution in [3.05, 3.63) is 47.3 Å². The zero-order valence-corrected chi connectivity index (χ0v) is 30.7. The molecule has 0 spiro atoms. The van der Waals surface area contributed by atoms with Crippen molar-refractivity contribution >= 4 is 33.7 Å². The first-order valence-corrected chi connectivity index (χ1v) is 21.1. The van der Waals surface area contributed by atoms with Crippen molar-refractivity contribution in [1.29, 1.82) is 0 Å². The standard InChI is InChI=1S/C39H51FN4O7S/c40-32-9-6-7-27-22-43(24-31(27)32)38(48)51-29-17-34-35(45)19-39(37(47)41-52(49,50)30-15-16-30)18-28(39)8-4-2-1-3-5-10-33(36(46)44(34)23-29)42(20-25-11-12-25)21-26-13-14-26/h4,6-9,25-26,28-30,33-34H,1-3,5,10-24H2,(H,41,47)/b8-4-/t28-,29-,33+,34+,39-/m1/s1. The average molecular weight is 739 g/mol. The van der Waals surface area contributed by atoms with Crippen LogP contribution in [0, 0.1) is 29.0 Å². The number of nitrogens with one attached hydrogen (secondary N) is 1. The zero-order valence-electron chi connectivity index (χ0n) is 29.8. The maximum atomic E-state index is 14.9. The average Bonchev–Trinajstić information content (AvgIpc) is 3.89. The molecule has 7 aliphatic rings. The molecule has 4 aliphatic carbocycles. The van der Waals surface area contributed by atoms with Crippen LogP contribution in [-0.4, -0.2) is 89.9 Å². The Labute approximate surface area is 305 Å². The Balaban J connectivity index is 1.06. The molecule has 1 saturated heterocycles. The maximum absolute atomic E-state index is 14.9. The van der Waals surface area contributed by atoms with Gasteiger partial charge in [0.15, 0.2) is 5.78 Å². The minimum Gasteiger partial charge on any atom is -0.444 e. The number of hydrogen-bond acceptors (Lipinski definition) is 8. The number of nitrogens with zero attached hydrogens (tertiary/aromatic N) is 3. The van der Waals surface area contributed by atoms with Gasteiger partial charge in [0, 0.05) is 38.0 Å². The molecule has 1 aromatic rings. The number of amides is 3. The summed E-state index contributed by atoms with van der Waals surface area (Å²) in [7, 11) is -3.83. The van der Waals surface area contributed by atoms with Crippen LogP contribution in [0.25, 0.3) is 0 Å². The van der Waals surface area contributed by atoms with Crippen LogP contribution in [0.3, 0.4) is 0 Å². The second-order valence-electron chi connectivity index (χ2n) is 16.7. The summed E-state index contributed by atoms with van der Waals surface area (Å²) in [5.74, 6) is -0.614. The number of rotatable bonds is 9. The SMILES string of the molecule is O=C1C[C@]2(C(=O)NS(=O)(=O)C3CC3)C[C@H]2/C=C\CCCCC[C@H](N(CC2CC2)CC2CC2)C(=O)N2C[C@H](OC(=O)N3Cc4cccc(F)c4C3)C[C@@H]12. The van der Waals surface area contributed by atoms with Gasteiger partial charge in [0.05, 0.1) is 35.8 Å². The smallest absolute Gasteiger partial charge is 0.410 e. The highest BCUT2D eigenvalue weighted by Crippen LogP contribution is 2.57. The van der Waals surface area contributed by atoms with E-state index < -0.39 is 50.9 Å². The molecular weight excluding hydrogens is 688 g/mol. The molecular formula is C39H51FN4O7S. The second kappa shape index (κ2) is 14.2. The van der Waals surface area contributed by atoms with E-state index >= 15 is 0 Å². The minimum absolute atomic E-state index is 0.0475. The molecule has 3 heterocycles. The molecule has 0 bridgehead atoms. The summed E-state index contributed by atoms with van der Waals surface area (Å²) in [6.07, 6.45) is 12.7. The Hall–Kier alpha value is -3.32. The Morgan fingerprint density at radius 1 is 0.981 bits per heavy atom. The van der Waals surface area contributed by atoms with Crippen molar-refractivity contribution in [2.45, 2.75) is 126 Å². The van der Waals surface area contributed by atoms with Gasteiger partial charge in [0.25, 0.3) is 0 Å². The lowest BCUT2D eigenvalue weighted by Gasteiger charge is -2.36. The van der Waals surface area contributed by atoms with Gasteiger partial charge in [-0.05, 0) is 93.6 Å². The van der Waals surface area contributed by atoms with E-state index in [0.717, 1.165) is 70.0 Å². The van der Waals surface area contributed by atoms with Crippen molar-refractivity contribution in [1.82, 2.24) is 19.4 Å². The molecule has 3 amide bonds. The summed E-state index contributed by atoms with van der Waals surface area (Å²) in [5, 5.41) is -0.581. The fraction of sp³-hybridized carbons (Fsp3) is 0.692. The number of ether oxygens (including phenoxy) is 1. The van der Waals surface area contributed by atoms with Crippen LogP contribution < -0.4 is 4.72 Å². The lowest BCUT2D eigenvalue weighted by Crippen LogP contribution is -2.53. The Morgan fingerprint density at radius 3 is 2.42 bits per heavy atom. The summed E-state index contributed by atoms with van der Waals surface area (Å²) in [5.41, 5.74) is -0.0389. The molecule has 5 fully saturated rings. The first-order chi connectivity index (χ1) is 25.0. The topological polar surface area (TPSA) is 133 Å². The lowest BCUT2D eigenvalue weighted by molar-refractivity contribution is -0.143. The van der Waals surface area contributed by atoms with E-state index in [-0.39, 0.29) is 55.9 Å². The van der Waals surface area contributed by atoms with Crippen molar-refractivity contribution in [3.63, 3.8) is 0 Å². The highest BCUT2D eigenvalue weighted by molar-refractivity contribution is 7.90. The van der Waals surface area contributed by atoms with Crippen LogP contribution in [0.2, 0.25) is 0 Å². The first kappa shape index (κ1) is 35.7. The number of benzene rings is 1. The number of Topliss-reactive ketones (excluding diaryl/α,β-unsaturated/α-hetero) is 1. The molecule has 11 nitrogen and oxygen atoms in total. The van der Waals surface area contributed by atoms with Gasteiger partial charge in [-0.3, -0.25) is 28.9 Å². The van der Waals surface area contributed by atoms with Crippen molar-refractivity contribution in [2.75, 3.05) is 19.6 Å². The van der Waals surface area contributed by atoms with E-state index in [0.29, 0.717) is 43.1 Å². The monoisotopic (exact) mass is 738 g/mol. The molecule has 1 aromatic carbocycles. The number of ketones is 1. The number of allylic oxidation sites excluding steroid dienone is 2. The molecule has 1 N–H and O–H groups in total. The molecule has 13 heteroatoms. The fourth-order valence-electron chi connectivity index (χ4n) is 8.69. The van der Waals surface area contributed by atoms with E-state index in [9.17, 15) is 32.0 Å². The molecule has 0 unspecified atom stereocenters. The Kier molecular flexibility index (Phi) is 9.72. The molecule has 8 rings (SSSR count). The summed E-state index contributed by atoms with van der Waals surface area (Å²) in [6, 6.07) is 3.44. The van der Waals surface area contributed by atoms with Gasteiger partial charge in [0.2, 0.25) is 21.8 Å². The molecule has 282 valence electrons. The second-order valence-corrected chi connectivity index (χ2v) is 18.7. The summed E-state index contributed by atoms with van der Waals surface area (Å²) in [4.78, 5) is 62.0. The highest BCUT2D eigenvalue weighted by Gasteiger charge is 2.62. The fourth-order valence-corrected chi connectivity index (χ4v) is 10.1. The van der Waals surface area contributed by atoms with Gasteiger partial charge in [0.1, 0.15) is 11.9 Å². The summed E-state index contributed by atoms with van der Waals surface area (Å²) < 4.78 is 48.5. The van der Waals surface area contributed by atoms with Gasteiger partial charge in [-0.2, -0.15) is 0 Å². The quantitative estimate of drug-likeness (QED) is 0.357. The first-order valence-electron chi connectivity index (χ1n) is 19.5. The van der Waals surface area contributed by atoms with Gasteiger partial charge in [-0.15, -0.1) is 0 Å². The molecule has 52 heavy (non-hydrogen) atoms. The van der Waals surface area contributed by atoms with Crippen LogP contribution >= 0.6 is 0 Å². The van der Waals surface area contributed by atoms with Crippen LogP contribution in [0.1, 0.15) is 101 Å². The van der Waals surface area contributed by atoms with E-state index in [1.165, 1.54) is 11.0 Å². The normalized spacial score (nSPS) is 31.7. The number of hydrogen-bond donors (Lipinski definition) is 1. The Morgan fingerprint density at radius 2 is 1.73 bits per heavy atom. The number of carbonyl (C=O) groups is 4. The van der Waals surface area contributed by atoms with E-state index in [1.807, 2.05) is 12.2 Å². The van der Waals surface area contributed by atoms with E-state index in [1.54, 1.807) is 17.0 Å². The Bertz CT molecular complexity index is 1730. The van der Waals surface area contributed by atoms with Gasteiger partial charge < -0.3 is 9.64 Å². The van der Waals surface area contributed by atoms with Crippen molar-refractivity contribution in [2.24, 2.45) is 23.2 Å². The predicted molar refractivity (Wildman–Crippen MR) is 189 cm³/mol. The van der Waals surface area contributed by atoms with Crippen molar-refractivity contribution < 1.29 is 36.7 Å².